The molecule has 0 spiro atoms. The van der Waals surface area contributed by atoms with Gasteiger partial charge in [0.05, 0.1) is 0 Å². The van der Waals surface area contributed by atoms with Crippen LogP contribution in [0.2, 0.25) is 0 Å². The van der Waals surface area contributed by atoms with E-state index in [1.165, 1.54) is 62.9 Å². The van der Waals surface area contributed by atoms with Crippen molar-refractivity contribution < 1.29 is 0 Å². The molecular formula is C17H26N2. The first-order chi connectivity index (χ1) is 9.38. The van der Waals surface area contributed by atoms with Crippen molar-refractivity contribution in [2.45, 2.75) is 44.6 Å². The lowest BCUT2D eigenvalue weighted by molar-refractivity contribution is 0.375. The second-order valence-corrected chi connectivity index (χ2v) is 6.12. The average Bonchev–Trinajstić information content (AvgIpc) is 2.99. The Kier molecular flexibility index (Phi) is 4.07. The van der Waals surface area contributed by atoms with Crippen LogP contribution in [0.5, 0.6) is 0 Å². The van der Waals surface area contributed by atoms with Gasteiger partial charge in [-0.15, -0.1) is 0 Å². The van der Waals surface area contributed by atoms with Gasteiger partial charge in [-0.1, -0.05) is 31.0 Å². The number of rotatable bonds is 4. The van der Waals surface area contributed by atoms with Crippen molar-refractivity contribution >= 4 is 5.69 Å². The van der Waals surface area contributed by atoms with Crippen LogP contribution >= 0.6 is 0 Å². The molecule has 1 heterocycles. The highest BCUT2D eigenvalue weighted by atomic mass is 15.2. The Morgan fingerprint density at radius 2 is 2.00 bits per heavy atom. The largest absolute Gasteiger partial charge is 0.370 e. The van der Waals surface area contributed by atoms with Crippen molar-refractivity contribution in [3.8, 4) is 0 Å². The van der Waals surface area contributed by atoms with Gasteiger partial charge in [0.15, 0.2) is 0 Å². The van der Waals surface area contributed by atoms with E-state index in [2.05, 4.69) is 41.5 Å². The summed E-state index contributed by atoms with van der Waals surface area (Å²) in [4.78, 5) is 2.61. The van der Waals surface area contributed by atoms with E-state index in [-0.39, 0.29) is 0 Å². The number of nitrogens with zero attached hydrogens (tertiary/aromatic N) is 1. The fraction of sp³-hybridized carbons (Fsp3) is 0.647. The minimum absolute atomic E-state index is 0.661. The lowest BCUT2D eigenvalue weighted by atomic mass is 9.95. The standard InChI is InChI=1S/C17H26N2/c1-18-16(14-7-2-3-8-14)13-19-12-6-10-15-9-4-5-11-17(15)19/h4-5,9,11,14,16,18H,2-3,6-8,10,12-13H2,1H3. The first kappa shape index (κ1) is 13.0. The summed E-state index contributed by atoms with van der Waals surface area (Å²) in [5, 5.41) is 3.58. The number of hydrogen-bond donors (Lipinski definition) is 1. The quantitative estimate of drug-likeness (QED) is 0.892. The average molecular weight is 258 g/mol. The Hall–Kier alpha value is -1.02. The Labute approximate surface area is 117 Å². The number of para-hydroxylation sites is 1. The molecule has 1 aliphatic heterocycles. The fourth-order valence-corrected chi connectivity index (χ4v) is 3.87. The number of likely N-dealkylation sites (N-methyl/N-ethyl adjacent to an activating group) is 1. The van der Waals surface area contributed by atoms with Gasteiger partial charge < -0.3 is 10.2 Å². The first-order valence-electron chi connectivity index (χ1n) is 7.88. The van der Waals surface area contributed by atoms with E-state index in [0.29, 0.717) is 6.04 Å². The van der Waals surface area contributed by atoms with Crippen LogP contribution in [0.1, 0.15) is 37.7 Å². The maximum Gasteiger partial charge on any atom is 0.0399 e. The van der Waals surface area contributed by atoms with E-state index in [0.717, 1.165) is 5.92 Å². The van der Waals surface area contributed by atoms with Gasteiger partial charge in [0.25, 0.3) is 0 Å². The van der Waals surface area contributed by atoms with Crippen molar-refractivity contribution in [2.24, 2.45) is 5.92 Å². The van der Waals surface area contributed by atoms with E-state index >= 15 is 0 Å². The second kappa shape index (κ2) is 5.96. The summed E-state index contributed by atoms with van der Waals surface area (Å²) in [7, 11) is 2.14. The number of anilines is 1. The van der Waals surface area contributed by atoms with E-state index in [9.17, 15) is 0 Å². The molecular weight excluding hydrogens is 232 g/mol. The van der Waals surface area contributed by atoms with E-state index in [1.54, 1.807) is 0 Å². The molecule has 0 radical (unpaired) electrons. The van der Waals surface area contributed by atoms with Gasteiger partial charge in [-0.05, 0) is 50.3 Å². The molecule has 1 fully saturated rings. The summed E-state index contributed by atoms with van der Waals surface area (Å²) >= 11 is 0. The molecule has 2 aliphatic rings. The van der Waals surface area contributed by atoms with Crippen LogP contribution < -0.4 is 10.2 Å². The van der Waals surface area contributed by atoms with E-state index < -0.39 is 0 Å². The molecule has 0 amide bonds. The number of hydrogen-bond acceptors (Lipinski definition) is 2. The monoisotopic (exact) mass is 258 g/mol. The molecule has 1 N–H and O–H groups in total. The first-order valence-corrected chi connectivity index (χ1v) is 7.88. The van der Waals surface area contributed by atoms with Crippen molar-refractivity contribution in [1.29, 1.82) is 0 Å². The van der Waals surface area contributed by atoms with Crippen LogP contribution in [0.25, 0.3) is 0 Å². The van der Waals surface area contributed by atoms with Crippen LogP contribution in [0, 0.1) is 5.92 Å². The zero-order chi connectivity index (χ0) is 13.1. The molecule has 1 aromatic rings. The molecule has 0 saturated heterocycles. The lowest BCUT2D eigenvalue weighted by Crippen LogP contribution is -2.45. The molecule has 2 nitrogen and oxygen atoms in total. The lowest BCUT2D eigenvalue weighted by Gasteiger charge is -2.36. The van der Waals surface area contributed by atoms with Crippen LogP contribution in [0.15, 0.2) is 24.3 Å². The summed E-state index contributed by atoms with van der Waals surface area (Å²) in [5.41, 5.74) is 3.02. The molecule has 104 valence electrons. The van der Waals surface area contributed by atoms with Crippen LogP contribution in [0.4, 0.5) is 5.69 Å². The molecule has 2 heteroatoms. The fourth-order valence-electron chi connectivity index (χ4n) is 3.87. The highest BCUT2D eigenvalue weighted by Gasteiger charge is 2.27. The summed E-state index contributed by atoms with van der Waals surface area (Å²) < 4.78 is 0. The van der Waals surface area contributed by atoms with Gasteiger partial charge in [0.1, 0.15) is 0 Å². The third-order valence-corrected chi connectivity index (χ3v) is 4.96. The molecule has 1 aliphatic carbocycles. The van der Waals surface area contributed by atoms with Crippen molar-refractivity contribution in [3.05, 3.63) is 29.8 Å². The third-order valence-electron chi connectivity index (χ3n) is 4.96. The maximum absolute atomic E-state index is 3.58. The van der Waals surface area contributed by atoms with Crippen LogP contribution in [-0.4, -0.2) is 26.2 Å². The third kappa shape index (κ3) is 2.79. The summed E-state index contributed by atoms with van der Waals surface area (Å²) in [6.07, 6.45) is 8.25. The molecule has 1 unspecified atom stereocenters. The molecule has 1 atom stereocenters. The van der Waals surface area contributed by atoms with Crippen LogP contribution in [-0.2, 0) is 6.42 Å². The van der Waals surface area contributed by atoms with Gasteiger partial charge in [0, 0.05) is 24.8 Å². The summed E-state index contributed by atoms with van der Waals surface area (Å²) in [6.45, 7) is 2.40. The van der Waals surface area contributed by atoms with Crippen molar-refractivity contribution in [3.63, 3.8) is 0 Å². The zero-order valence-corrected chi connectivity index (χ0v) is 12.1. The predicted molar refractivity (Wildman–Crippen MR) is 81.8 cm³/mol. The van der Waals surface area contributed by atoms with Gasteiger partial charge in [-0.2, -0.15) is 0 Å². The van der Waals surface area contributed by atoms with Crippen LogP contribution in [0.3, 0.4) is 0 Å². The zero-order valence-electron chi connectivity index (χ0n) is 12.1. The number of aryl methyl sites for hydroxylation is 1. The smallest absolute Gasteiger partial charge is 0.0399 e. The molecule has 0 aromatic heterocycles. The normalized spacial score (nSPS) is 21.4. The topological polar surface area (TPSA) is 15.3 Å². The second-order valence-electron chi connectivity index (χ2n) is 6.12. The Bertz CT molecular complexity index is 409. The number of benzene rings is 1. The highest BCUT2D eigenvalue weighted by molar-refractivity contribution is 5.55. The minimum Gasteiger partial charge on any atom is -0.370 e. The SMILES string of the molecule is CNC(CN1CCCc2ccccc21)C1CCCC1. The molecule has 1 saturated carbocycles. The Balaban J connectivity index is 1.72. The number of nitrogens with one attached hydrogen (secondary N) is 1. The predicted octanol–water partition coefficient (Wildman–Crippen LogP) is 3.22. The number of fused-ring (bicyclic) bond motifs is 1. The molecule has 1 aromatic carbocycles. The minimum atomic E-state index is 0.661. The maximum atomic E-state index is 3.58. The molecule has 3 rings (SSSR count). The van der Waals surface area contributed by atoms with E-state index in [4.69, 9.17) is 0 Å². The Morgan fingerprint density at radius 3 is 2.79 bits per heavy atom. The van der Waals surface area contributed by atoms with Crippen molar-refractivity contribution in [2.75, 3.05) is 25.0 Å². The Morgan fingerprint density at radius 1 is 1.21 bits per heavy atom. The summed E-state index contributed by atoms with van der Waals surface area (Å²) in [6, 6.07) is 9.62. The van der Waals surface area contributed by atoms with E-state index in [1.807, 2.05) is 0 Å². The van der Waals surface area contributed by atoms with Crippen molar-refractivity contribution in [1.82, 2.24) is 5.32 Å². The van der Waals surface area contributed by atoms with Gasteiger partial charge in [-0.25, -0.2) is 0 Å². The van der Waals surface area contributed by atoms with Gasteiger partial charge in [0.2, 0.25) is 0 Å². The van der Waals surface area contributed by atoms with Gasteiger partial charge >= 0.3 is 0 Å². The molecule has 0 bridgehead atoms. The molecule has 19 heavy (non-hydrogen) atoms. The summed E-state index contributed by atoms with van der Waals surface area (Å²) in [5.74, 6) is 0.888. The highest BCUT2D eigenvalue weighted by Crippen LogP contribution is 2.31. The van der Waals surface area contributed by atoms with Gasteiger partial charge in [-0.3, -0.25) is 0 Å².